The third-order valence-corrected chi connectivity index (χ3v) is 3.34. The molecule has 6 heteroatoms. The van der Waals surface area contributed by atoms with E-state index in [1.807, 2.05) is 6.07 Å². The molecule has 0 aliphatic carbocycles. The maximum atomic E-state index is 12.1. The molecule has 6 nitrogen and oxygen atoms in total. The number of ether oxygens (including phenoxy) is 1. The van der Waals surface area contributed by atoms with Gasteiger partial charge in [0, 0.05) is 13.7 Å². The lowest BCUT2D eigenvalue weighted by atomic mass is 10.2. The number of rotatable bonds is 10. The average molecular weight is 298 g/mol. The Morgan fingerprint density at radius 3 is 2.71 bits per heavy atom. The minimum Gasteiger partial charge on any atom is -0.455 e. The smallest absolute Gasteiger partial charge is 0.287 e. The monoisotopic (exact) mass is 298 g/mol. The Hall–Kier alpha value is -1.37. The number of amides is 1. The standard InChI is InChI=1S/C15H26N2O4/c1-4-17(5-2)10-13-6-7-14(21-13)15(19)16-12(8-9-18)11-20-3/h6-7,12,18H,4-5,8-11H2,1-3H3,(H,16,19). The van der Waals surface area contributed by atoms with Crippen LogP contribution in [0.15, 0.2) is 16.5 Å². The van der Waals surface area contributed by atoms with Crippen molar-refractivity contribution < 1.29 is 19.1 Å². The Kier molecular flexibility index (Phi) is 8.04. The molecule has 1 heterocycles. The molecule has 0 aliphatic heterocycles. The first-order valence-electron chi connectivity index (χ1n) is 7.36. The van der Waals surface area contributed by atoms with E-state index < -0.39 is 0 Å². The Morgan fingerprint density at radius 1 is 1.43 bits per heavy atom. The molecule has 1 rings (SSSR count). The van der Waals surface area contributed by atoms with Crippen LogP contribution in [0.3, 0.4) is 0 Å². The van der Waals surface area contributed by atoms with Crippen LogP contribution in [0.1, 0.15) is 36.6 Å². The van der Waals surface area contributed by atoms with Gasteiger partial charge in [-0.05, 0) is 31.6 Å². The summed E-state index contributed by atoms with van der Waals surface area (Å²) in [5, 5.41) is 11.8. The van der Waals surface area contributed by atoms with Crippen molar-refractivity contribution in [3.05, 3.63) is 23.7 Å². The van der Waals surface area contributed by atoms with Gasteiger partial charge >= 0.3 is 0 Å². The quantitative estimate of drug-likeness (QED) is 0.680. The van der Waals surface area contributed by atoms with E-state index in [0.29, 0.717) is 19.6 Å². The molecule has 0 aromatic carbocycles. The van der Waals surface area contributed by atoms with E-state index in [-0.39, 0.29) is 24.3 Å². The third-order valence-electron chi connectivity index (χ3n) is 3.34. The van der Waals surface area contributed by atoms with Crippen LogP contribution < -0.4 is 5.32 Å². The molecule has 120 valence electrons. The second-order valence-corrected chi connectivity index (χ2v) is 4.87. The topological polar surface area (TPSA) is 74.9 Å². The van der Waals surface area contributed by atoms with Gasteiger partial charge in [-0.15, -0.1) is 0 Å². The Bertz CT molecular complexity index is 410. The van der Waals surface area contributed by atoms with Crippen LogP contribution >= 0.6 is 0 Å². The lowest BCUT2D eigenvalue weighted by molar-refractivity contribution is 0.0848. The minimum absolute atomic E-state index is 0.000326. The van der Waals surface area contributed by atoms with Crippen molar-refractivity contribution in [2.45, 2.75) is 32.9 Å². The molecule has 21 heavy (non-hydrogen) atoms. The summed E-state index contributed by atoms with van der Waals surface area (Å²) in [5.41, 5.74) is 0. The van der Waals surface area contributed by atoms with Gasteiger partial charge in [0.25, 0.3) is 5.91 Å². The lowest BCUT2D eigenvalue weighted by Crippen LogP contribution is -2.38. The fourth-order valence-electron chi connectivity index (χ4n) is 2.06. The molecular weight excluding hydrogens is 272 g/mol. The first kappa shape index (κ1) is 17.7. The number of aliphatic hydroxyl groups excluding tert-OH is 1. The number of hydrogen-bond donors (Lipinski definition) is 2. The molecule has 0 saturated carbocycles. The maximum Gasteiger partial charge on any atom is 0.287 e. The van der Waals surface area contributed by atoms with Crippen LogP contribution in [0.4, 0.5) is 0 Å². The summed E-state index contributed by atoms with van der Waals surface area (Å²) >= 11 is 0. The summed E-state index contributed by atoms with van der Waals surface area (Å²) in [7, 11) is 1.56. The largest absolute Gasteiger partial charge is 0.455 e. The average Bonchev–Trinajstić information content (AvgIpc) is 2.94. The number of nitrogens with one attached hydrogen (secondary N) is 1. The van der Waals surface area contributed by atoms with E-state index in [4.69, 9.17) is 14.3 Å². The minimum atomic E-state index is -0.281. The molecule has 0 radical (unpaired) electrons. The fraction of sp³-hybridized carbons (Fsp3) is 0.667. The number of hydrogen-bond acceptors (Lipinski definition) is 5. The summed E-state index contributed by atoms with van der Waals surface area (Å²) < 4.78 is 10.6. The van der Waals surface area contributed by atoms with Gasteiger partial charge in [0.2, 0.25) is 0 Å². The van der Waals surface area contributed by atoms with Gasteiger partial charge in [0.15, 0.2) is 5.76 Å². The van der Waals surface area contributed by atoms with Crippen molar-refractivity contribution in [1.29, 1.82) is 0 Å². The molecule has 1 amide bonds. The SMILES string of the molecule is CCN(CC)Cc1ccc(C(=O)NC(CCO)COC)o1. The van der Waals surface area contributed by atoms with Gasteiger partial charge in [0.05, 0.1) is 19.2 Å². The van der Waals surface area contributed by atoms with Crippen molar-refractivity contribution in [2.24, 2.45) is 0 Å². The highest BCUT2D eigenvalue weighted by Crippen LogP contribution is 2.11. The fourth-order valence-corrected chi connectivity index (χ4v) is 2.06. The van der Waals surface area contributed by atoms with Crippen LogP contribution in [0, 0.1) is 0 Å². The normalized spacial score (nSPS) is 12.6. The molecule has 0 spiro atoms. The van der Waals surface area contributed by atoms with Crippen molar-refractivity contribution in [1.82, 2.24) is 10.2 Å². The Morgan fingerprint density at radius 2 is 2.14 bits per heavy atom. The maximum absolute atomic E-state index is 12.1. The van der Waals surface area contributed by atoms with Crippen LogP contribution in [-0.4, -0.2) is 55.4 Å². The highest BCUT2D eigenvalue weighted by Gasteiger charge is 2.17. The highest BCUT2D eigenvalue weighted by molar-refractivity contribution is 5.91. The van der Waals surface area contributed by atoms with Crippen LogP contribution in [0.2, 0.25) is 0 Å². The van der Waals surface area contributed by atoms with Gasteiger partial charge < -0.3 is 19.6 Å². The Balaban J connectivity index is 2.60. The summed E-state index contributed by atoms with van der Waals surface area (Å²) in [6.45, 7) is 7.10. The first-order valence-corrected chi connectivity index (χ1v) is 7.36. The van der Waals surface area contributed by atoms with Crippen molar-refractivity contribution in [2.75, 3.05) is 33.4 Å². The first-order chi connectivity index (χ1) is 10.1. The molecule has 1 unspecified atom stereocenters. The van der Waals surface area contributed by atoms with E-state index in [2.05, 4.69) is 24.1 Å². The van der Waals surface area contributed by atoms with E-state index >= 15 is 0 Å². The number of nitrogens with zero attached hydrogens (tertiary/aromatic N) is 1. The van der Waals surface area contributed by atoms with Crippen molar-refractivity contribution in [3.8, 4) is 0 Å². The van der Waals surface area contributed by atoms with Gasteiger partial charge in [-0.3, -0.25) is 9.69 Å². The van der Waals surface area contributed by atoms with Gasteiger partial charge in [0.1, 0.15) is 5.76 Å². The molecule has 1 aromatic heterocycles. The molecule has 1 atom stereocenters. The molecule has 0 aliphatic rings. The molecule has 2 N–H and O–H groups in total. The predicted octanol–water partition coefficient (Wildman–Crippen LogP) is 1.25. The summed E-state index contributed by atoms with van der Waals surface area (Å²) in [4.78, 5) is 14.3. The molecule has 0 fully saturated rings. The second kappa shape index (κ2) is 9.55. The summed E-state index contributed by atoms with van der Waals surface area (Å²) in [6.07, 6.45) is 0.451. The molecule has 0 saturated heterocycles. The molecule has 0 bridgehead atoms. The van der Waals surface area contributed by atoms with Crippen LogP contribution in [0.5, 0.6) is 0 Å². The van der Waals surface area contributed by atoms with Crippen molar-refractivity contribution in [3.63, 3.8) is 0 Å². The van der Waals surface area contributed by atoms with Gasteiger partial charge in [-0.1, -0.05) is 13.8 Å². The zero-order chi connectivity index (χ0) is 15.7. The number of carbonyl (C=O) groups is 1. The van der Waals surface area contributed by atoms with E-state index in [1.54, 1.807) is 13.2 Å². The van der Waals surface area contributed by atoms with Crippen LogP contribution in [0.25, 0.3) is 0 Å². The van der Waals surface area contributed by atoms with E-state index in [1.165, 1.54) is 0 Å². The van der Waals surface area contributed by atoms with Gasteiger partial charge in [-0.2, -0.15) is 0 Å². The van der Waals surface area contributed by atoms with Gasteiger partial charge in [-0.25, -0.2) is 0 Å². The Labute approximate surface area is 126 Å². The number of methoxy groups -OCH3 is 1. The number of aliphatic hydroxyl groups is 1. The summed E-state index contributed by atoms with van der Waals surface area (Å²) in [6, 6.07) is 3.28. The number of furan rings is 1. The summed E-state index contributed by atoms with van der Waals surface area (Å²) in [5.74, 6) is 0.779. The predicted molar refractivity (Wildman–Crippen MR) is 80.2 cm³/mol. The van der Waals surface area contributed by atoms with Crippen molar-refractivity contribution >= 4 is 5.91 Å². The highest BCUT2D eigenvalue weighted by atomic mass is 16.5. The molecule has 1 aromatic rings. The second-order valence-electron chi connectivity index (χ2n) is 4.87. The van der Waals surface area contributed by atoms with Crippen LogP contribution in [-0.2, 0) is 11.3 Å². The van der Waals surface area contributed by atoms with E-state index in [9.17, 15) is 4.79 Å². The third kappa shape index (κ3) is 5.87. The zero-order valence-corrected chi connectivity index (χ0v) is 13.1. The zero-order valence-electron chi connectivity index (χ0n) is 13.1. The lowest BCUT2D eigenvalue weighted by Gasteiger charge is -2.16. The van der Waals surface area contributed by atoms with E-state index in [0.717, 1.165) is 18.8 Å². The molecular formula is C15H26N2O4. The number of carbonyl (C=O) groups excluding carboxylic acids is 1.